The van der Waals surface area contributed by atoms with Crippen LogP contribution in [0, 0.1) is 6.92 Å². The highest BCUT2D eigenvalue weighted by atomic mass is 19.4. The van der Waals surface area contributed by atoms with Crippen molar-refractivity contribution < 1.29 is 32.2 Å². The van der Waals surface area contributed by atoms with Gasteiger partial charge >= 0.3 is 6.18 Å². The Morgan fingerprint density at radius 3 is 2.43 bits per heavy atom. The van der Waals surface area contributed by atoms with E-state index in [4.69, 9.17) is 9.47 Å². The molecule has 0 radical (unpaired) electrons. The van der Waals surface area contributed by atoms with Crippen molar-refractivity contribution in [1.82, 2.24) is 5.43 Å². The highest BCUT2D eigenvalue weighted by Gasteiger charge is 2.30. The molecule has 37 heavy (non-hydrogen) atoms. The quantitative estimate of drug-likeness (QED) is 0.278. The summed E-state index contributed by atoms with van der Waals surface area (Å²) in [6.07, 6.45) is -3.53. The number of carbonyl (C=O) groups excluding carboxylic acids is 2. The van der Waals surface area contributed by atoms with Crippen LogP contribution >= 0.6 is 0 Å². The minimum Gasteiger partial charge on any atom is -0.493 e. The van der Waals surface area contributed by atoms with Gasteiger partial charge in [0.1, 0.15) is 6.61 Å². The van der Waals surface area contributed by atoms with Crippen LogP contribution in [-0.4, -0.2) is 25.1 Å². The van der Waals surface area contributed by atoms with Crippen LogP contribution in [0.15, 0.2) is 71.8 Å². The van der Waals surface area contributed by atoms with Gasteiger partial charge in [-0.05, 0) is 54.4 Å². The summed E-state index contributed by atoms with van der Waals surface area (Å²) in [5.74, 6) is -0.0730. The van der Waals surface area contributed by atoms with Crippen molar-refractivity contribution in [2.75, 3.05) is 12.4 Å². The lowest BCUT2D eigenvalue weighted by Crippen LogP contribution is -2.20. The summed E-state index contributed by atoms with van der Waals surface area (Å²) in [6, 6.07) is 17.4. The number of halogens is 3. The zero-order chi connectivity index (χ0) is 26.8. The van der Waals surface area contributed by atoms with Crippen LogP contribution in [0.1, 0.15) is 35.1 Å². The molecule has 0 aromatic heterocycles. The number of ether oxygens (including phenoxy) is 2. The van der Waals surface area contributed by atoms with E-state index in [0.29, 0.717) is 23.7 Å². The first kappa shape index (κ1) is 27.3. The molecule has 0 atom stereocenters. The van der Waals surface area contributed by atoms with Crippen molar-refractivity contribution in [3.63, 3.8) is 0 Å². The molecular weight excluding hydrogens is 487 g/mol. The fourth-order valence-corrected chi connectivity index (χ4v) is 3.31. The Labute approximate surface area is 212 Å². The molecule has 3 aromatic rings. The summed E-state index contributed by atoms with van der Waals surface area (Å²) in [4.78, 5) is 24.0. The molecule has 3 aromatic carbocycles. The number of hydrogen-bond acceptors (Lipinski definition) is 5. The van der Waals surface area contributed by atoms with Gasteiger partial charge in [0, 0.05) is 18.5 Å². The average Bonchev–Trinajstić information content (AvgIpc) is 2.86. The van der Waals surface area contributed by atoms with Crippen LogP contribution in [0.5, 0.6) is 11.5 Å². The maximum Gasteiger partial charge on any atom is 0.416 e. The SMILES string of the molecule is COc1cc(C=NNC(=O)CCC(=O)Nc2cccc(C(F)(F)F)c2)ccc1OCc1cccc(C)c1. The van der Waals surface area contributed by atoms with Crippen molar-refractivity contribution in [2.24, 2.45) is 5.10 Å². The van der Waals surface area contributed by atoms with Crippen LogP contribution in [0.25, 0.3) is 0 Å². The lowest BCUT2D eigenvalue weighted by Gasteiger charge is -2.11. The van der Waals surface area contributed by atoms with Crippen LogP contribution in [0.4, 0.5) is 18.9 Å². The number of rotatable bonds is 10. The summed E-state index contributed by atoms with van der Waals surface area (Å²) in [6.45, 7) is 2.38. The second kappa shape index (κ2) is 12.6. The standard InChI is InChI=1S/C27H26F3N3O4/c1-18-5-3-6-20(13-18)17-37-23-10-9-19(14-24(23)36-2)16-31-33-26(35)12-11-25(34)32-22-8-4-7-21(15-22)27(28,29)30/h3-10,13-16H,11-12,17H2,1-2H3,(H,32,34)(H,33,35). The second-order valence-corrected chi connectivity index (χ2v) is 8.11. The summed E-state index contributed by atoms with van der Waals surface area (Å²) in [5.41, 5.74) is 4.24. The maximum absolute atomic E-state index is 12.8. The van der Waals surface area contributed by atoms with E-state index in [2.05, 4.69) is 15.8 Å². The van der Waals surface area contributed by atoms with E-state index in [1.807, 2.05) is 31.2 Å². The van der Waals surface area contributed by atoms with Gasteiger partial charge in [0.25, 0.3) is 0 Å². The van der Waals surface area contributed by atoms with Crippen LogP contribution in [0.3, 0.4) is 0 Å². The van der Waals surface area contributed by atoms with E-state index in [9.17, 15) is 22.8 Å². The van der Waals surface area contributed by atoms with Crippen LogP contribution in [0.2, 0.25) is 0 Å². The summed E-state index contributed by atoms with van der Waals surface area (Å²) >= 11 is 0. The van der Waals surface area contributed by atoms with E-state index in [1.165, 1.54) is 25.5 Å². The second-order valence-electron chi connectivity index (χ2n) is 8.11. The summed E-state index contributed by atoms with van der Waals surface area (Å²) < 4.78 is 49.6. The number of carbonyl (C=O) groups is 2. The van der Waals surface area contributed by atoms with Gasteiger partial charge < -0.3 is 14.8 Å². The Balaban J connectivity index is 1.47. The highest BCUT2D eigenvalue weighted by Crippen LogP contribution is 2.31. The number of hydrogen-bond donors (Lipinski definition) is 2. The Bertz CT molecular complexity index is 1280. The molecule has 0 spiro atoms. The molecule has 0 saturated carbocycles. The first-order chi connectivity index (χ1) is 17.6. The Hall–Kier alpha value is -4.34. The molecule has 2 amide bonds. The van der Waals surface area contributed by atoms with Crippen molar-refractivity contribution in [3.8, 4) is 11.5 Å². The number of nitrogens with zero attached hydrogens (tertiary/aromatic N) is 1. The zero-order valence-electron chi connectivity index (χ0n) is 20.3. The molecule has 0 aliphatic rings. The molecular formula is C27H26F3N3O4. The van der Waals surface area contributed by atoms with E-state index in [1.54, 1.807) is 18.2 Å². The van der Waals surface area contributed by atoms with Crippen molar-refractivity contribution >= 4 is 23.7 Å². The number of alkyl halides is 3. The molecule has 3 rings (SSSR count). The van der Waals surface area contributed by atoms with Crippen LogP contribution < -0.4 is 20.2 Å². The maximum atomic E-state index is 12.8. The molecule has 0 aliphatic carbocycles. The number of hydrazone groups is 1. The van der Waals surface area contributed by atoms with Crippen molar-refractivity contribution in [3.05, 3.63) is 89.0 Å². The smallest absolute Gasteiger partial charge is 0.416 e. The average molecular weight is 514 g/mol. The third kappa shape index (κ3) is 8.68. The molecule has 0 aliphatic heterocycles. The Morgan fingerprint density at radius 1 is 0.946 bits per heavy atom. The third-order valence-electron chi connectivity index (χ3n) is 5.12. The number of benzene rings is 3. The molecule has 194 valence electrons. The molecule has 2 N–H and O–H groups in total. The number of nitrogens with one attached hydrogen (secondary N) is 2. The fraction of sp³-hybridized carbons (Fsp3) is 0.222. The molecule has 0 unspecified atom stereocenters. The third-order valence-corrected chi connectivity index (χ3v) is 5.12. The first-order valence-electron chi connectivity index (χ1n) is 11.3. The molecule has 7 nitrogen and oxygen atoms in total. The minimum atomic E-state index is -4.52. The van der Waals surface area contributed by atoms with E-state index < -0.39 is 23.6 Å². The Morgan fingerprint density at radius 2 is 1.70 bits per heavy atom. The molecule has 0 bridgehead atoms. The first-order valence-corrected chi connectivity index (χ1v) is 11.3. The highest BCUT2D eigenvalue weighted by molar-refractivity contribution is 5.93. The van der Waals surface area contributed by atoms with Gasteiger partial charge in [0.2, 0.25) is 11.8 Å². The topological polar surface area (TPSA) is 89.0 Å². The molecule has 10 heteroatoms. The van der Waals surface area contributed by atoms with E-state index >= 15 is 0 Å². The fourth-order valence-electron chi connectivity index (χ4n) is 3.31. The minimum absolute atomic E-state index is 0.00138. The zero-order valence-corrected chi connectivity index (χ0v) is 20.3. The summed E-state index contributed by atoms with van der Waals surface area (Å²) in [5, 5.41) is 6.22. The van der Waals surface area contributed by atoms with Gasteiger partial charge in [-0.15, -0.1) is 0 Å². The predicted molar refractivity (Wildman–Crippen MR) is 134 cm³/mol. The number of methoxy groups -OCH3 is 1. The molecule has 0 saturated heterocycles. The lowest BCUT2D eigenvalue weighted by atomic mass is 10.1. The van der Waals surface area contributed by atoms with Crippen molar-refractivity contribution in [1.29, 1.82) is 0 Å². The number of anilines is 1. The summed E-state index contributed by atoms with van der Waals surface area (Å²) in [7, 11) is 1.52. The van der Waals surface area contributed by atoms with Gasteiger partial charge in [0.15, 0.2) is 11.5 Å². The normalized spacial score (nSPS) is 11.3. The van der Waals surface area contributed by atoms with Crippen molar-refractivity contribution in [2.45, 2.75) is 32.5 Å². The monoisotopic (exact) mass is 513 g/mol. The van der Waals surface area contributed by atoms with Crippen LogP contribution in [-0.2, 0) is 22.4 Å². The van der Waals surface area contributed by atoms with E-state index in [-0.39, 0.29) is 18.5 Å². The van der Waals surface area contributed by atoms with E-state index in [0.717, 1.165) is 23.3 Å². The molecule has 0 fully saturated rings. The van der Waals surface area contributed by atoms with Gasteiger partial charge in [-0.3, -0.25) is 9.59 Å². The Kier molecular flexibility index (Phi) is 9.26. The number of aryl methyl sites for hydroxylation is 1. The number of amides is 2. The molecule has 0 heterocycles. The van der Waals surface area contributed by atoms with Gasteiger partial charge in [-0.25, -0.2) is 5.43 Å². The largest absolute Gasteiger partial charge is 0.493 e. The van der Waals surface area contributed by atoms with Gasteiger partial charge in [-0.1, -0.05) is 35.9 Å². The van der Waals surface area contributed by atoms with Gasteiger partial charge in [-0.2, -0.15) is 18.3 Å². The predicted octanol–water partition coefficient (Wildman–Crippen LogP) is 5.47. The lowest BCUT2D eigenvalue weighted by molar-refractivity contribution is -0.137. The van der Waals surface area contributed by atoms with Gasteiger partial charge in [0.05, 0.1) is 18.9 Å².